The van der Waals surface area contributed by atoms with E-state index in [2.05, 4.69) is 0 Å². The van der Waals surface area contributed by atoms with Crippen molar-refractivity contribution >= 4 is 27.7 Å². The lowest BCUT2D eigenvalue weighted by Gasteiger charge is -2.09. The first-order valence-electron chi connectivity index (χ1n) is 5.33. The minimum Gasteiger partial charge on any atom is -0.441 e. The number of furan rings is 1. The molecule has 0 N–H and O–H groups in total. The maximum absolute atomic E-state index is 12.5. The monoisotopic (exact) mass is 338 g/mol. The molecule has 9 heteroatoms. The summed E-state index contributed by atoms with van der Waals surface area (Å²) in [6.45, 7) is 0. The first-order chi connectivity index (χ1) is 9.66. The van der Waals surface area contributed by atoms with E-state index >= 15 is 0 Å². The molecule has 1 aromatic heterocycles. The fourth-order valence-electron chi connectivity index (χ4n) is 1.55. The Bertz CT molecular complexity index is 793. The molecule has 0 amide bonds. The Morgan fingerprint density at radius 3 is 2.29 bits per heavy atom. The predicted octanol–water partition coefficient (Wildman–Crippen LogP) is 3.60. The van der Waals surface area contributed by atoms with E-state index in [4.69, 9.17) is 16.0 Å². The fraction of sp³-hybridized carbons (Fsp3) is 0.0833. The number of sulfone groups is 1. The van der Waals surface area contributed by atoms with E-state index in [9.17, 15) is 26.4 Å². The molecule has 0 aliphatic heterocycles. The summed E-state index contributed by atoms with van der Waals surface area (Å²) < 4.78 is 66.6. The number of alkyl halides is 3. The highest BCUT2D eigenvalue weighted by Gasteiger charge is 2.33. The Hall–Kier alpha value is -1.80. The SMILES string of the molecule is O=Cc1ccc(S(=O)(=O)c2ccc(C(F)(F)F)cc2Cl)o1. The number of aldehydes is 1. The highest BCUT2D eigenvalue weighted by Crippen LogP contribution is 2.35. The zero-order valence-corrected chi connectivity index (χ0v) is 11.6. The van der Waals surface area contributed by atoms with Crippen molar-refractivity contribution in [1.82, 2.24) is 0 Å². The number of carbonyl (C=O) groups is 1. The highest BCUT2D eigenvalue weighted by molar-refractivity contribution is 7.91. The van der Waals surface area contributed by atoms with Crippen LogP contribution in [0.2, 0.25) is 5.02 Å². The summed E-state index contributed by atoms with van der Waals surface area (Å²) in [7, 11) is -4.25. The Morgan fingerprint density at radius 2 is 1.81 bits per heavy atom. The molecule has 0 saturated heterocycles. The van der Waals surface area contributed by atoms with E-state index in [1.165, 1.54) is 0 Å². The number of rotatable bonds is 3. The lowest BCUT2D eigenvalue weighted by Crippen LogP contribution is -2.07. The lowest BCUT2D eigenvalue weighted by atomic mass is 10.2. The van der Waals surface area contributed by atoms with Crippen LogP contribution in [-0.2, 0) is 16.0 Å². The van der Waals surface area contributed by atoms with Crippen molar-refractivity contribution in [2.45, 2.75) is 16.2 Å². The van der Waals surface area contributed by atoms with Gasteiger partial charge in [0, 0.05) is 0 Å². The third kappa shape index (κ3) is 2.96. The summed E-state index contributed by atoms with van der Waals surface area (Å²) in [6, 6.07) is 3.99. The van der Waals surface area contributed by atoms with Crippen LogP contribution in [0.15, 0.2) is 44.7 Å². The topological polar surface area (TPSA) is 64.3 Å². The molecule has 0 aliphatic rings. The number of benzene rings is 1. The Morgan fingerprint density at radius 1 is 1.14 bits per heavy atom. The Kier molecular flexibility index (Phi) is 3.85. The molecular formula is C12H6ClF3O4S. The van der Waals surface area contributed by atoms with E-state index in [1.54, 1.807) is 0 Å². The second-order valence-corrected chi connectivity index (χ2v) is 6.18. The van der Waals surface area contributed by atoms with E-state index in [1.807, 2.05) is 0 Å². The standard InChI is InChI=1S/C12H6ClF3O4S/c13-9-5-7(12(14,15)16)1-3-10(9)21(18,19)11-4-2-8(6-17)20-11/h1-6H. The molecule has 0 unspecified atom stereocenters. The molecule has 2 rings (SSSR count). The van der Waals surface area contributed by atoms with Crippen LogP contribution in [0.1, 0.15) is 16.1 Å². The Balaban J connectivity index is 2.53. The van der Waals surface area contributed by atoms with Gasteiger partial charge in [0.15, 0.2) is 12.0 Å². The molecule has 2 aromatic rings. The van der Waals surface area contributed by atoms with Crippen molar-refractivity contribution < 1.29 is 30.8 Å². The zero-order chi connectivity index (χ0) is 15.8. The molecule has 21 heavy (non-hydrogen) atoms. The minimum absolute atomic E-state index is 0.225. The van der Waals surface area contributed by atoms with Gasteiger partial charge in [-0.2, -0.15) is 13.2 Å². The second kappa shape index (κ2) is 5.19. The molecule has 0 atom stereocenters. The van der Waals surface area contributed by atoms with Crippen LogP contribution in [0.4, 0.5) is 13.2 Å². The molecule has 0 aliphatic carbocycles. The molecule has 0 radical (unpaired) electrons. The van der Waals surface area contributed by atoms with Gasteiger partial charge in [-0.05, 0) is 30.3 Å². The second-order valence-electron chi connectivity index (χ2n) is 3.92. The van der Waals surface area contributed by atoms with Crippen molar-refractivity contribution in [3.05, 3.63) is 46.7 Å². The molecule has 0 fully saturated rings. The number of carbonyl (C=O) groups excluding carboxylic acids is 1. The molecule has 112 valence electrons. The largest absolute Gasteiger partial charge is 0.441 e. The van der Waals surface area contributed by atoms with Crippen molar-refractivity contribution in [3.63, 3.8) is 0 Å². The van der Waals surface area contributed by atoms with Gasteiger partial charge in [-0.1, -0.05) is 11.6 Å². The van der Waals surface area contributed by atoms with Crippen molar-refractivity contribution in [3.8, 4) is 0 Å². The average molecular weight is 339 g/mol. The summed E-state index contributed by atoms with van der Waals surface area (Å²) in [5, 5.41) is -1.17. The summed E-state index contributed by atoms with van der Waals surface area (Å²) in [5.41, 5.74) is -1.07. The normalized spacial score (nSPS) is 12.4. The van der Waals surface area contributed by atoms with Gasteiger partial charge in [0.05, 0.1) is 15.5 Å². The van der Waals surface area contributed by atoms with Gasteiger partial charge in [0.25, 0.3) is 0 Å². The van der Waals surface area contributed by atoms with Gasteiger partial charge in [0.2, 0.25) is 14.9 Å². The predicted molar refractivity (Wildman–Crippen MR) is 66.0 cm³/mol. The van der Waals surface area contributed by atoms with E-state index < -0.39 is 36.6 Å². The smallest absolute Gasteiger partial charge is 0.416 e. The third-order valence-electron chi connectivity index (χ3n) is 2.53. The maximum atomic E-state index is 12.5. The van der Waals surface area contributed by atoms with Crippen molar-refractivity contribution in [2.24, 2.45) is 0 Å². The third-order valence-corrected chi connectivity index (χ3v) is 4.64. The number of hydrogen-bond acceptors (Lipinski definition) is 4. The highest BCUT2D eigenvalue weighted by atomic mass is 35.5. The van der Waals surface area contributed by atoms with Crippen LogP contribution in [0.25, 0.3) is 0 Å². The van der Waals surface area contributed by atoms with Crippen LogP contribution in [0.5, 0.6) is 0 Å². The van der Waals surface area contributed by atoms with Gasteiger partial charge >= 0.3 is 6.18 Å². The van der Waals surface area contributed by atoms with Crippen LogP contribution in [0, 0.1) is 0 Å². The van der Waals surface area contributed by atoms with Gasteiger partial charge in [-0.25, -0.2) is 8.42 Å². The van der Waals surface area contributed by atoms with Crippen molar-refractivity contribution in [1.29, 1.82) is 0 Å². The molecular weight excluding hydrogens is 333 g/mol. The van der Waals surface area contributed by atoms with E-state index in [0.29, 0.717) is 18.4 Å². The first-order valence-corrected chi connectivity index (χ1v) is 7.19. The summed E-state index contributed by atoms with van der Waals surface area (Å²) in [5.74, 6) is -0.225. The number of halogens is 4. The molecule has 0 saturated carbocycles. The van der Waals surface area contributed by atoms with Crippen LogP contribution in [0.3, 0.4) is 0 Å². The molecule has 1 heterocycles. The fourth-order valence-corrected chi connectivity index (χ4v) is 3.26. The van der Waals surface area contributed by atoms with Gasteiger partial charge in [0.1, 0.15) is 0 Å². The molecule has 1 aromatic carbocycles. The van der Waals surface area contributed by atoms with Crippen LogP contribution >= 0.6 is 11.6 Å². The first kappa shape index (κ1) is 15.6. The number of hydrogen-bond donors (Lipinski definition) is 0. The maximum Gasteiger partial charge on any atom is 0.416 e. The van der Waals surface area contributed by atoms with E-state index in [-0.39, 0.29) is 5.76 Å². The van der Waals surface area contributed by atoms with E-state index in [0.717, 1.165) is 18.2 Å². The summed E-state index contributed by atoms with van der Waals surface area (Å²) >= 11 is 5.62. The van der Waals surface area contributed by atoms with Crippen LogP contribution in [-0.4, -0.2) is 14.7 Å². The molecule has 4 nitrogen and oxygen atoms in total. The van der Waals surface area contributed by atoms with Gasteiger partial charge in [-0.15, -0.1) is 0 Å². The summed E-state index contributed by atoms with van der Waals surface area (Å²) in [4.78, 5) is 9.93. The van der Waals surface area contributed by atoms with Crippen molar-refractivity contribution in [2.75, 3.05) is 0 Å². The molecule has 0 spiro atoms. The minimum atomic E-state index is -4.64. The van der Waals surface area contributed by atoms with Crippen LogP contribution < -0.4 is 0 Å². The summed E-state index contributed by atoms with van der Waals surface area (Å²) in [6.07, 6.45) is -4.34. The lowest BCUT2D eigenvalue weighted by molar-refractivity contribution is -0.137. The van der Waals surface area contributed by atoms with Gasteiger partial charge < -0.3 is 4.42 Å². The average Bonchev–Trinajstić information content (AvgIpc) is 2.86. The van der Waals surface area contributed by atoms with Gasteiger partial charge in [-0.3, -0.25) is 4.79 Å². The Labute approximate surface area is 122 Å². The quantitative estimate of drug-likeness (QED) is 0.802. The molecule has 0 bridgehead atoms. The zero-order valence-electron chi connectivity index (χ0n) is 10.0.